The molecule has 0 aromatic heterocycles. The van der Waals surface area contributed by atoms with Crippen LogP contribution in [0.2, 0.25) is 0 Å². The maximum Gasteiger partial charge on any atom is 0.317 e. The summed E-state index contributed by atoms with van der Waals surface area (Å²) in [6.45, 7) is 5.54. The third-order valence-electron chi connectivity index (χ3n) is 8.24. The second-order valence-electron chi connectivity index (χ2n) is 9.26. The molecule has 0 radical (unpaired) electrons. The molecule has 4 rings (SSSR count). The van der Waals surface area contributed by atoms with Gasteiger partial charge < -0.3 is 9.47 Å². The quantitative estimate of drug-likeness (QED) is 0.541. The Labute approximate surface area is 151 Å². The summed E-state index contributed by atoms with van der Waals surface area (Å²) in [6, 6.07) is 0. The van der Waals surface area contributed by atoms with Crippen LogP contribution in [-0.4, -0.2) is 25.2 Å². The summed E-state index contributed by atoms with van der Waals surface area (Å²) in [4.78, 5) is 24.0. The maximum atomic E-state index is 12.0. The lowest BCUT2D eigenvalue weighted by atomic mass is 9.81. The van der Waals surface area contributed by atoms with Crippen molar-refractivity contribution in [2.24, 2.45) is 47.3 Å². The van der Waals surface area contributed by atoms with Crippen molar-refractivity contribution < 1.29 is 19.1 Å². The van der Waals surface area contributed by atoms with E-state index in [0.29, 0.717) is 36.9 Å². The molecule has 0 N–H and O–H groups in total. The second-order valence-corrected chi connectivity index (χ2v) is 9.26. The fraction of sp³-hybridized carbons (Fsp3) is 0.905. The molecule has 0 spiro atoms. The Morgan fingerprint density at radius 2 is 1.12 bits per heavy atom. The van der Waals surface area contributed by atoms with E-state index in [4.69, 9.17) is 9.47 Å². The molecule has 8 unspecified atom stereocenters. The molecule has 0 aromatic rings. The molecule has 4 nitrogen and oxygen atoms in total. The lowest BCUT2D eigenvalue weighted by molar-refractivity contribution is -0.157. The molecule has 0 heterocycles. The predicted molar refractivity (Wildman–Crippen MR) is 93.5 cm³/mol. The molecule has 4 fully saturated rings. The van der Waals surface area contributed by atoms with Crippen molar-refractivity contribution in [2.75, 3.05) is 13.2 Å². The molecule has 0 saturated heterocycles. The standard InChI is InChI=1S/C21H32O4/c1-12-14-3-5-16(7-14)18(12)10-24-20(22)9-21(23)25-11-19-13(2)15-4-6-17(19)8-15/h12-19H,3-11H2,1-2H3. The summed E-state index contributed by atoms with van der Waals surface area (Å²) >= 11 is 0. The highest BCUT2D eigenvalue weighted by Crippen LogP contribution is 2.53. The molecule has 0 aromatic carbocycles. The first-order valence-corrected chi connectivity index (χ1v) is 10.3. The number of carbonyl (C=O) groups is 2. The highest BCUT2D eigenvalue weighted by molar-refractivity contribution is 5.91. The van der Waals surface area contributed by atoms with Crippen molar-refractivity contribution in [3.05, 3.63) is 0 Å². The van der Waals surface area contributed by atoms with Gasteiger partial charge in [0.2, 0.25) is 0 Å². The van der Waals surface area contributed by atoms with E-state index < -0.39 is 11.9 Å². The number of ether oxygens (including phenoxy) is 2. The average molecular weight is 348 g/mol. The van der Waals surface area contributed by atoms with Crippen LogP contribution >= 0.6 is 0 Å². The largest absolute Gasteiger partial charge is 0.465 e. The second kappa shape index (κ2) is 6.92. The number of esters is 2. The van der Waals surface area contributed by atoms with E-state index in [9.17, 15) is 9.59 Å². The van der Waals surface area contributed by atoms with Crippen molar-refractivity contribution in [1.29, 1.82) is 0 Å². The first-order chi connectivity index (χ1) is 12.0. The number of rotatable bonds is 6. The van der Waals surface area contributed by atoms with E-state index >= 15 is 0 Å². The van der Waals surface area contributed by atoms with E-state index in [2.05, 4.69) is 13.8 Å². The topological polar surface area (TPSA) is 52.6 Å². The Balaban J connectivity index is 1.16. The minimum absolute atomic E-state index is 0.232. The zero-order valence-electron chi connectivity index (χ0n) is 15.6. The summed E-state index contributed by atoms with van der Waals surface area (Å²) < 4.78 is 10.8. The number of fused-ring (bicyclic) bond motifs is 4. The highest BCUT2D eigenvalue weighted by Gasteiger charge is 2.46. The Bertz CT molecular complexity index is 480. The lowest BCUT2D eigenvalue weighted by Crippen LogP contribution is -2.28. The predicted octanol–water partition coefficient (Wildman–Crippen LogP) is 3.83. The van der Waals surface area contributed by atoms with Gasteiger partial charge in [-0.3, -0.25) is 9.59 Å². The third kappa shape index (κ3) is 3.33. The van der Waals surface area contributed by atoms with Crippen molar-refractivity contribution in [3.8, 4) is 0 Å². The van der Waals surface area contributed by atoms with Crippen LogP contribution in [0.1, 0.15) is 58.8 Å². The van der Waals surface area contributed by atoms with E-state index in [1.807, 2.05) is 0 Å². The number of carbonyl (C=O) groups excluding carboxylic acids is 2. The molecule has 140 valence electrons. The van der Waals surface area contributed by atoms with Gasteiger partial charge in [-0.05, 0) is 85.9 Å². The molecule has 4 heteroatoms. The molecule has 4 saturated carbocycles. The van der Waals surface area contributed by atoms with Crippen LogP contribution in [0.15, 0.2) is 0 Å². The van der Waals surface area contributed by atoms with Crippen LogP contribution in [0.25, 0.3) is 0 Å². The van der Waals surface area contributed by atoms with E-state index in [1.165, 1.54) is 38.5 Å². The molecule has 0 amide bonds. The van der Waals surface area contributed by atoms with Gasteiger partial charge in [-0.1, -0.05) is 13.8 Å². The molecule has 8 atom stereocenters. The van der Waals surface area contributed by atoms with Crippen molar-refractivity contribution >= 4 is 11.9 Å². The van der Waals surface area contributed by atoms with Crippen LogP contribution in [0.4, 0.5) is 0 Å². The van der Waals surface area contributed by atoms with Gasteiger partial charge in [0.15, 0.2) is 0 Å². The van der Waals surface area contributed by atoms with E-state index in [1.54, 1.807) is 0 Å². The number of hydrogen-bond donors (Lipinski definition) is 0. The van der Waals surface area contributed by atoms with Crippen LogP contribution in [-0.2, 0) is 19.1 Å². The molecule has 4 aliphatic carbocycles. The molecule has 25 heavy (non-hydrogen) atoms. The zero-order chi connectivity index (χ0) is 17.6. The summed E-state index contributed by atoms with van der Waals surface area (Å²) in [5, 5.41) is 0. The summed E-state index contributed by atoms with van der Waals surface area (Å²) in [5.74, 6) is 4.54. The smallest absolute Gasteiger partial charge is 0.317 e. The fourth-order valence-electron chi connectivity index (χ4n) is 6.57. The molecular weight excluding hydrogens is 316 g/mol. The summed E-state index contributed by atoms with van der Waals surface area (Å²) in [6.07, 6.45) is 7.60. The first-order valence-electron chi connectivity index (χ1n) is 10.3. The third-order valence-corrected chi connectivity index (χ3v) is 8.24. The Hall–Kier alpha value is -1.06. The normalized spacial score (nSPS) is 44.2. The van der Waals surface area contributed by atoms with Crippen LogP contribution < -0.4 is 0 Å². The summed E-state index contributed by atoms with van der Waals surface area (Å²) in [7, 11) is 0. The average Bonchev–Trinajstić information content (AvgIpc) is 3.33. The molecular formula is C21H32O4. The molecule has 4 bridgehead atoms. The Morgan fingerprint density at radius 3 is 1.48 bits per heavy atom. The van der Waals surface area contributed by atoms with Gasteiger partial charge in [0.1, 0.15) is 6.42 Å². The number of hydrogen-bond acceptors (Lipinski definition) is 4. The van der Waals surface area contributed by atoms with Gasteiger partial charge in [-0.15, -0.1) is 0 Å². The van der Waals surface area contributed by atoms with Gasteiger partial charge in [0.05, 0.1) is 13.2 Å². The Kier molecular flexibility index (Phi) is 4.81. The van der Waals surface area contributed by atoms with Crippen LogP contribution in [0, 0.1) is 47.3 Å². The molecule has 0 aliphatic heterocycles. The van der Waals surface area contributed by atoms with Crippen LogP contribution in [0.3, 0.4) is 0 Å². The SMILES string of the molecule is CC1C2CCC(C2)C1COC(=O)CC(=O)OCC1C2CCC(C2)C1C. The highest BCUT2D eigenvalue weighted by atomic mass is 16.6. The van der Waals surface area contributed by atoms with E-state index in [-0.39, 0.29) is 6.42 Å². The van der Waals surface area contributed by atoms with Crippen molar-refractivity contribution in [1.82, 2.24) is 0 Å². The van der Waals surface area contributed by atoms with Crippen molar-refractivity contribution in [2.45, 2.75) is 58.8 Å². The minimum Gasteiger partial charge on any atom is -0.465 e. The lowest BCUT2D eigenvalue weighted by Gasteiger charge is -2.28. The first kappa shape index (κ1) is 17.4. The minimum atomic E-state index is -0.416. The zero-order valence-corrected chi connectivity index (χ0v) is 15.6. The van der Waals surface area contributed by atoms with Gasteiger partial charge in [0.25, 0.3) is 0 Å². The molecule has 4 aliphatic rings. The van der Waals surface area contributed by atoms with E-state index in [0.717, 1.165) is 23.7 Å². The van der Waals surface area contributed by atoms with Crippen LogP contribution in [0.5, 0.6) is 0 Å². The van der Waals surface area contributed by atoms with Crippen molar-refractivity contribution in [3.63, 3.8) is 0 Å². The van der Waals surface area contributed by atoms with Gasteiger partial charge in [-0.2, -0.15) is 0 Å². The maximum absolute atomic E-state index is 12.0. The van der Waals surface area contributed by atoms with Gasteiger partial charge in [0, 0.05) is 0 Å². The fourth-order valence-corrected chi connectivity index (χ4v) is 6.57. The van der Waals surface area contributed by atoms with Gasteiger partial charge >= 0.3 is 11.9 Å². The Morgan fingerprint density at radius 1 is 0.720 bits per heavy atom. The monoisotopic (exact) mass is 348 g/mol. The van der Waals surface area contributed by atoms with Gasteiger partial charge in [-0.25, -0.2) is 0 Å². The summed E-state index contributed by atoms with van der Waals surface area (Å²) in [5.41, 5.74) is 0.